The second-order valence-corrected chi connectivity index (χ2v) is 13.9. The van der Waals surface area contributed by atoms with Crippen LogP contribution >= 0.6 is 0 Å². The highest BCUT2D eigenvalue weighted by atomic mass is 16.5. The van der Waals surface area contributed by atoms with Crippen LogP contribution in [-0.2, 0) is 33.5 Å². The van der Waals surface area contributed by atoms with E-state index >= 15 is 0 Å². The fourth-order valence-electron chi connectivity index (χ4n) is 8.84. The lowest BCUT2D eigenvalue weighted by Crippen LogP contribution is -2.65. The molecular formula is C32H42O9. The van der Waals surface area contributed by atoms with Crippen molar-refractivity contribution in [2.75, 3.05) is 0 Å². The molecule has 224 valence electrons. The number of aliphatic hydroxyl groups excluding tert-OH is 1. The van der Waals surface area contributed by atoms with Gasteiger partial charge in [-0.25, -0.2) is 0 Å². The van der Waals surface area contributed by atoms with Crippen molar-refractivity contribution in [1.29, 1.82) is 0 Å². The third kappa shape index (κ3) is 4.21. The lowest BCUT2D eigenvalue weighted by molar-refractivity contribution is -0.174. The molecule has 41 heavy (non-hydrogen) atoms. The first-order chi connectivity index (χ1) is 18.8. The van der Waals surface area contributed by atoms with Crippen molar-refractivity contribution in [3.8, 4) is 0 Å². The number of carbonyl (C=O) groups is 6. The predicted molar refractivity (Wildman–Crippen MR) is 147 cm³/mol. The van der Waals surface area contributed by atoms with Gasteiger partial charge >= 0.3 is 11.9 Å². The Balaban J connectivity index is 1.94. The molecule has 0 unspecified atom stereocenters. The zero-order valence-electron chi connectivity index (χ0n) is 25.3. The molecule has 2 fully saturated rings. The van der Waals surface area contributed by atoms with E-state index in [1.807, 2.05) is 20.8 Å². The van der Waals surface area contributed by atoms with Crippen LogP contribution in [0.3, 0.4) is 0 Å². The van der Waals surface area contributed by atoms with E-state index in [9.17, 15) is 39.0 Å². The lowest BCUT2D eigenvalue weighted by atomic mass is 9.42. The molecule has 0 bridgehead atoms. The van der Waals surface area contributed by atoms with E-state index in [0.717, 1.165) is 0 Å². The van der Waals surface area contributed by atoms with Crippen LogP contribution in [0.5, 0.6) is 0 Å². The number of fused-ring (bicyclic) bond motifs is 4. The summed E-state index contributed by atoms with van der Waals surface area (Å²) >= 11 is 0. The zero-order valence-corrected chi connectivity index (χ0v) is 25.3. The van der Waals surface area contributed by atoms with Crippen molar-refractivity contribution >= 4 is 35.1 Å². The highest BCUT2D eigenvalue weighted by molar-refractivity contribution is 6.09. The molecule has 2 N–H and O–H groups in total. The van der Waals surface area contributed by atoms with Gasteiger partial charge in [0.2, 0.25) is 5.78 Å². The number of Topliss-reactive ketones (excluding diaryl/α,β-unsaturated/α-hetero) is 3. The fourth-order valence-corrected chi connectivity index (χ4v) is 8.84. The number of carboxylic acid groups (broad SMARTS) is 1. The second kappa shape index (κ2) is 9.82. The number of carboxylic acids is 1. The smallest absolute Gasteiger partial charge is 0.306 e. The summed E-state index contributed by atoms with van der Waals surface area (Å²) in [5.41, 5.74) is -3.21. The number of hydrogen-bond donors (Lipinski definition) is 2. The maximum absolute atomic E-state index is 14.6. The molecule has 2 saturated carbocycles. The Morgan fingerprint density at radius 1 is 1.05 bits per heavy atom. The molecule has 0 saturated heterocycles. The van der Waals surface area contributed by atoms with Crippen LogP contribution in [-0.4, -0.2) is 57.5 Å². The molecule has 8 atom stereocenters. The molecule has 0 aromatic heterocycles. The summed E-state index contributed by atoms with van der Waals surface area (Å²) < 4.78 is 5.78. The molecule has 0 spiro atoms. The van der Waals surface area contributed by atoms with Gasteiger partial charge in [0.05, 0.1) is 17.4 Å². The molecule has 0 aromatic rings. The van der Waals surface area contributed by atoms with E-state index in [0.29, 0.717) is 23.1 Å². The van der Waals surface area contributed by atoms with E-state index in [4.69, 9.17) is 4.74 Å². The van der Waals surface area contributed by atoms with Gasteiger partial charge in [-0.05, 0) is 50.2 Å². The van der Waals surface area contributed by atoms with Gasteiger partial charge in [-0.2, -0.15) is 0 Å². The van der Waals surface area contributed by atoms with Crippen molar-refractivity contribution in [2.24, 2.45) is 39.4 Å². The van der Waals surface area contributed by atoms with E-state index in [-0.39, 0.29) is 43.2 Å². The van der Waals surface area contributed by atoms with Crippen molar-refractivity contribution < 1.29 is 43.7 Å². The number of aliphatic carboxylic acids is 1. The summed E-state index contributed by atoms with van der Waals surface area (Å²) in [6, 6.07) is 0. The molecule has 4 rings (SSSR count). The Labute approximate surface area is 240 Å². The van der Waals surface area contributed by atoms with E-state index in [2.05, 4.69) is 0 Å². The molecule has 0 radical (unpaired) electrons. The lowest BCUT2D eigenvalue weighted by Gasteiger charge is -2.61. The minimum absolute atomic E-state index is 0.0459. The summed E-state index contributed by atoms with van der Waals surface area (Å²) in [6.07, 6.45) is -0.622. The zero-order chi connectivity index (χ0) is 31.0. The first-order valence-electron chi connectivity index (χ1n) is 14.4. The number of aliphatic hydroxyl groups is 1. The van der Waals surface area contributed by atoms with Crippen LogP contribution in [0.1, 0.15) is 87.5 Å². The molecule has 0 heterocycles. The molecule has 0 amide bonds. The molecular weight excluding hydrogens is 528 g/mol. The van der Waals surface area contributed by atoms with Crippen LogP contribution in [0.4, 0.5) is 0 Å². The Kier molecular flexibility index (Phi) is 7.42. The number of rotatable bonds is 6. The number of carbonyl (C=O) groups excluding carboxylic acids is 5. The number of ketones is 4. The van der Waals surface area contributed by atoms with Gasteiger partial charge in [-0.1, -0.05) is 40.2 Å². The van der Waals surface area contributed by atoms with Gasteiger partial charge in [0.1, 0.15) is 11.6 Å². The highest BCUT2D eigenvalue weighted by Gasteiger charge is 2.74. The molecule has 0 aliphatic heterocycles. The van der Waals surface area contributed by atoms with Crippen molar-refractivity contribution in [3.05, 3.63) is 22.8 Å². The maximum Gasteiger partial charge on any atom is 0.306 e. The van der Waals surface area contributed by atoms with Gasteiger partial charge in [0.15, 0.2) is 11.9 Å². The van der Waals surface area contributed by atoms with Crippen molar-refractivity contribution in [3.63, 3.8) is 0 Å². The maximum atomic E-state index is 14.6. The third-order valence-corrected chi connectivity index (χ3v) is 11.3. The quantitative estimate of drug-likeness (QED) is 0.359. The topological polar surface area (TPSA) is 152 Å². The fraction of sp³-hybridized carbons (Fsp3) is 0.688. The largest absolute Gasteiger partial charge is 0.481 e. The van der Waals surface area contributed by atoms with Gasteiger partial charge < -0.3 is 14.9 Å². The number of esters is 1. The molecule has 4 aliphatic carbocycles. The Morgan fingerprint density at radius 2 is 1.66 bits per heavy atom. The van der Waals surface area contributed by atoms with Crippen LogP contribution in [0, 0.1) is 39.4 Å². The van der Waals surface area contributed by atoms with E-state index in [1.54, 1.807) is 20.8 Å². The van der Waals surface area contributed by atoms with Crippen LogP contribution in [0.15, 0.2) is 22.8 Å². The molecule has 9 nitrogen and oxygen atoms in total. The monoisotopic (exact) mass is 570 g/mol. The minimum atomic E-state index is -1.40. The second-order valence-electron chi connectivity index (χ2n) is 13.9. The van der Waals surface area contributed by atoms with Gasteiger partial charge in [0.25, 0.3) is 0 Å². The summed E-state index contributed by atoms with van der Waals surface area (Å²) in [7, 11) is 0. The summed E-state index contributed by atoms with van der Waals surface area (Å²) in [6.45, 7) is 13.3. The van der Waals surface area contributed by atoms with E-state index < -0.39 is 69.2 Å². The van der Waals surface area contributed by atoms with Crippen LogP contribution in [0.2, 0.25) is 0 Å². The third-order valence-electron chi connectivity index (χ3n) is 11.3. The van der Waals surface area contributed by atoms with E-state index in [1.165, 1.54) is 19.9 Å². The minimum Gasteiger partial charge on any atom is -0.481 e. The normalized spacial score (nSPS) is 39.0. The SMILES string of the molecule is CC(=O)O[C@H]1C(=O)C2=C([C@@H](O)C[C@H]3C(C)(C)C(=O)CC[C@]23C)[C@]2(C)C(=O)C[C@H](C(C)=CC(=O)C[C@H](C)C(=O)O)[C@@]12C. The van der Waals surface area contributed by atoms with Crippen LogP contribution in [0.25, 0.3) is 0 Å². The highest BCUT2D eigenvalue weighted by Crippen LogP contribution is 2.70. The number of ether oxygens (including phenoxy) is 1. The molecule has 0 aromatic carbocycles. The standard InChI is InChI=1S/C32H42O9/c1-15(11-18(34)12-16(2)28(39)40)19-13-23(37)32(8)24-20(35)14-21-29(4,5)22(36)9-10-30(21,6)25(24)26(38)27(31(19,32)7)41-17(3)33/h11,16,19-21,27,35H,9-10,12-14H2,1-8H3,(H,39,40)/t16-,19+,20-,21-,27-,30-,31-,32-/m0/s1. The Hall–Kier alpha value is -2.94. The van der Waals surface area contributed by atoms with Gasteiger partial charge in [-0.3, -0.25) is 28.8 Å². The summed E-state index contributed by atoms with van der Waals surface area (Å²) in [5, 5.41) is 20.9. The van der Waals surface area contributed by atoms with Gasteiger partial charge in [0, 0.05) is 48.0 Å². The average Bonchev–Trinajstić information content (AvgIpc) is 3.07. The van der Waals surface area contributed by atoms with Crippen molar-refractivity contribution in [2.45, 2.75) is 99.7 Å². The van der Waals surface area contributed by atoms with Crippen molar-refractivity contribution in [1.82, 2.24) is 0 Å². The van der Waals surface area contributed by atoms with Gasteiger partial charge in [-0.15, -0.1) is 0 Å². The number of allylic oxidation sites excluding steroid dienone is 2. The Morgan fingerprint density at radius 3 is 2.22 bits per heavy atom. The summed E-state index contributed by atoms with van der Waals surface area (Å²) in [5.74, 6) is -4.79. The first-order valence-corrected chi connectivity index (χ1v) is 14.4. The van der Waals surface area contributed by atoms with Crippen LogP contribution < -0.4 is 0 Å². The average molecular weight is 571 g/mol. The molecule has 9 heteroatoms. The predicted octanol–water partition coefficient (Wildman–Crippen LogP) is 3.80. The summed E-state index contributed by atoms with van der Waals surface area (Å²) in [4.78, 5) is 78.2. The first kappa shape index (κ1) is 31.0. The molecule has 4 aliphatic rings. The number of hydrogen-bond acceptors (Lipinski definition) is 8. The Bertz CT molecular complexity index is 1320.